The van der Waals surface area contributed by atoms with Crippen LogP contribution in [0.15, 0.2) is 21.9 Å². The number of thioether (sulfide) groups is 1. The molecule has 0 radical (unpaired) electrons. The molecule has 0 aliphatic carbocycles. The zero-order chi connectivity index (χ0) is 16.9. The number of nitrogens with zero attached hydrogens (tertiary/aromatic N) is 1. The zero-order valence-electron chi connectivity index (χ0n) is 11.0. The SMILES string of the molecule is CSc1cc(-c2nccs2)c(C(=N)N)s1.O=C(O)C(F)(F)F. The minimum absolute atomic E-state index is 0.116. The van der Waals surface area contributed by atoms with Crippen LogP contribution < -0.4 is 5.73 Å². The molecule has 2 rings (SSSR count). The van der Waals surface area contributed by atoms with E-state index in [0.29, 0.717) is 0 Å². The number of hydrogen-bond acceptors (Lipinski definition) is 6. The highest BCUT2D eigenvalue weighted by Crippen LogP contribution is 2.36. The lowest BCUT2D eigenvalue weighted by Gasteiger charge is -1.96. The van der Waals surface area contributed by atoms with Crippen LogP contribution in [0.5, 0.6) is 0 Å². The van der Waals surface area contributed by atoms with E-state index in [1.807, 2.05) is 17.7 Å². The monoisotopic (exact) mass is 369 g/mol. The van der Waals surface area contributed by atoms with Gasteiger partial charge in [0.1, 0.15) is 10.8 Å². The van der Waals surface area contributed by atoms with Crippen molar-refractivity contribution >= 4 is 46.2 Å². The van der Waals surface area contributed by atoms with Crippen molar-refractivity contribution in [3.05, 3.63) is 22.5 Å². The van der Waals surface area contributed by atoms with Crippen LogP contribution in [-0.4, -0.2) is 34.3 Å². The van der Waals surface area contributed by atoms with Crippen molar-refractivity contribution in [2.75, 3.05) is 6.26 Å². The maximum atomic E-state index is 10.6. The van der Waals surface area contributed by atoms with Gasteiger partial charge < -0.3 is 10.8 Å². The molecule has 0 bridgehead atoms. The van der Waals surface area contributed by atoms with E-state index in [4.69, 9.17) is 21.0 Å². The molecule has 0 saturated carbocycles. The van der Waals surface area contributed by atoms with Gasteiger partial charge in [-0.25, -0.2) is 9.78 Å². The normalized spacial score (nSPS) is 10.7. The number of amidine groups is 1. The number of rotatable bonds is 3. The lowest BCUT2D eigenvalue weighted by molar-refractivity contribution is -0.192. The zero-order valence-corrected chi connectivity index (χ0v) is 13.4. The first-order valence-corrected chi connectivity index (χ1v) is 8.31. The van der Waals surface area contributed by atoms with Crippen LogP contribution in [-0.2, 0) is 4.79 Å². The lowest BCUT2D eigenvalue weighted by atomic mass is 10.2. The minimum atomic E-state index is -5.08. The van der Waals surface area contributed by atoms with Crippen LogP contribution in [0.25, 0.3) is 10.6 Å². The Balaban J connectivity index is 0.000000295. The molecule has 2 heterocycles. The summed E-state index contributed by atoms with van der Waals surface area (Å²) in [7, 11) is 0. The van der Waals surface area contributed by atoms with E-state index < -0.39 is 12.1 Å². The van der Waals surface area contributed by atoms with E-state index in [2.05, 4.69) is 4.98 Å². The Morgan fingerprint density at radius 1 is 1.50 bits per heavy atom. The second-order valence-corrected chi connectivity index (χ2v) is 6.62. The largest absolute Gasteiger partial charge is 0.490 e. The summed E-state index contributed by atoms with van der Waals surface area (Å²) in [6, 6.07) is 2.05. The first-order chi connectivity index (χ1) is 10.2. The van der Waals surface area contributed by atoms with Crippen molar-refractivity contribution in [1.82, 2.24) is 4.98 Å². The van der Waals surface area contributed by atoms with Crippen LogP contribution in [0.4, 0.5) is 13.2 Å². The number of thiophene rings is 1. The Bertz CT molecular complexity index is 653. The van der Waals surface area contributed by atoms with Crippen molar-refractivity contribution in [1.29, 1.82) is 5.41 Å². The Morgan fingerprint density at radius 3 is 2.45 bits per heavy atom. The van der Waals surface area contributed by atoms with Crippen molar-refractivity contribution in [2.24, 2.45) is 5.73 Å². The molecule has 0 saturated heterocycles. The third-order valence-corrected chi connectivity index (χ3v) is 5.10. The van der Waals surface area contributed by atoms with Gasteiger partial charge in [-0.1, -0.05) is 0 Å². The number of hydrogen-bond donors (Lipinski definition) is 3. The first kappa shape index (κ1) is 18.5. The number of nitrogens with two attached hydrogens (primary N) is 1. The highest BCUT2D eigenvalue weighted by atomic mass is 32.2. The molecule has 2 aromatic rings. The van der Waals surface area contributed by atoms with Crippen LogP contribution in [0.2, 0.25) is 0 Å². The van der Waals surface area contributed by atoms with Gasteiger partial charge in [0.05, 0.1) is 9.09 Å². The average Bonchev–Trinajstić information content (AvgIpc) is 3.07. The topological polar surface area (TPSA) is 100 Å². The maximum absolute atomic E-state index is 10.6. The molecule has 120 valence electrons. The van der Waals surface area contributed by atoms with Gasteiger partial charge in [0.25, 0.3) is 0 Å². The molecule has 0 aliphatic heterocycles. The third kappa shape index (κ3) is 5.00. The molecule has 11 heteroatoms. The summed E-state index contributed by atoms with van der Waals surface area (Å²) in [5.74, 6) is -2.64. The maximum Gasteiger partial charge on any atom is 0.490 e. The second kappa shape index (κ2) is 7.61. The summed E-state index contributed by atoms with van der Waals surface area (Å²) in [6.45, 7) is 0. The summed E-state index contributed by atoms with van der Waals surface area (Å²) in [4.78, 5) is 14.0. The first-order valence-electron chi connectivity index (χ1n) is 5.39. The van der Waals surface area contributed by atoms with Gasteiger partial charge in [0, 0.05) is 17.1 Å². The average molecular weight is 369 g/mol. The van der Waals surface area contributed by atoms with Crippen molar-refractivity contribution in [3.63, 3.8) is 0 Å². The highest BCUT2D eigenvalue weighted by Gasteiger charge is 2.38. The number of carboxylic acid groups (broad SMARTS) is 1. The predicted molar refractivity (Wildman–Crippen MR) is 81.9 cm³/mol. The Kier molecular flexibility index (Phi) is 6.38. The van der Waals surface area contributed by atoms with Gasteiger partial charge in [-0.3, -0.25) is 5.41 Å². The van der Waals surface area contributed by atoms with Crippen LogP contribution in [0.3, 0.4) is 0 Å². The van der Waals surface area contributed by atoms with Crippen molar-refractivity contribution in [3.8, 4) is 10.6 Å². The van der Waals surface area contributed by atoms with Crippen LogP contribution >= 0.6 is 34.4 Å². The molecule has 0 fully saturated rings. The predicted octanol–water partition coefficient (Wildman–Crippen LogP) is 3.51. The molecule has 2 aromatic heterocycles. The minimum Gasteiger partial charge on any atom is -0.475 e. The smallest absolute Gasteiger partial charge is 0.475 e. The van der Waals surface area contributed by atoms with Crippen LogP contribution in [0, 0.1) is 5.41 Å². The molecule has 0 aromatic carbocycles. The van der Waals surface area contributed by atoms with Gasteiger partial charge in [0.2, 0.25) is 0 Å². The quantitative estimate of drug-likeness (QED) is 0.437. The number of nitrogens with one attached hydrogen (secondary N) is 1. The molecule has 5 nitrogen and oxygen atoms in total. The van der Waals surface area contributed by atoms with Gasteiger partial charge in [-0.2, -0.15) is 13.2 Å². The van der Waals surface area contributed by atoms with Gasteiger partial charge in [-0.15, -0.1) is 34.4 Å². The summed E-state index contributed by atoms with van der Waals surface area (Å²) < 4.78 is 32.9. The molecule has 22 heavy (non-hydrogen) atoms. The second-order valence-electron chi connectivity index (χ2n) is 3.57. The lowest BCUT2D eigenvalue weighted by Crippen LogP contribution is -2.21. The fourth-order valence-corrected chi connectivity index (χ4v) is 3.48. The summed E-state index contributed by atoms with van der Waals surface area (Å²) >= 11 is 4.77. The number of aliphatic carboxylic acids is 1. The summed E-state index contributed by atoms with van der Waals surface area (Å²) in [6.07, 6.45) is -1.30. The number of aromatic nitrogens is 1. The standard InChI is InChI=1S/C9H9N3S3.C2HF3O2/c1-13-6-4-5(7(15-6)8(10)11)9-12-2-3-14-9;3-2(4,5)1(6)7/h2-4H,1H3,(H3,10,11);(H,6,7). The molecule has 0 atom stereocenters. The Labute approximate surface area is 135 Å². The number of nitrogen functional groups attached to an aromatic ring is 1. The van der Waals surface area contributed by atoms with E-state index in [1.165, 1.54) is 0 Å². The fourth-order valence-electron chi connectivity index (χ4n) is 1.18. The number of alkyl halides is 3. The van der Waals surface area contributed by atoms with E-state index in [9.17, 15) is 13.2 Å². The summed E-state index contributed by atoms with van der Waals surface area (Å²) in [5, 5.41) is 17.5. The Morgan fingerprint density at radius 2 is 2.09 bits per heavy atom. The molecular weight excluding hydrogens is 359 g/mol. The number of halogens is 3. The third-order valence-electron chi connectivity index (χ3n) is 2.06. The summed E-state index contributed by atoms with van der Waals surface area (Å²) in [5.41, 5.74) is 6.53. The molecular formula is C11H10F3N3O2S3. The van der Waals surface area contributed by atoms with E-state index in [0.717, 1.165) is 19.7 Å². The van der Waals surface area contributed by atoms with E-state index >= 15 is 0 Å². The Hall–Kier alpha value is -1.59. The highest BCUT2D eigenvalue weighted by molar-refractivity contribution is 8.00. The molecule has 4 N–H and O–H groups in total. The molecule has 0 aliphatic rings. The molecule has 0 unspecified atom stereocenters. The number of carboxylic acids is 1. The van der Waals surface area contributed by atoms with Gasteiger partial charge in [0.15, 0.2) is 0 Å². The van der Waals surface area contributed by atoms with E-state index in [-0.39, 0.29) is 5.84 Å². The van der Waals surface area contributed by atoms with Gasteiger partial charge in [-0.05, 0) is 12.3 Å². The fraction of sp³-hybridized carbons (Fsp3) is 0.182. The van der Waals surface area contributed by atoms with Crippen molar-refractivity contribution < 1.29 is 23.1 Å². The number of thiazole rings is 1. The van der Waals surface area contributed by atoms with Gasteiger partial charge >= 0.3 is 12.1 Å². The van der Waals surface area contributed by atoms with E-state index in [1.54, 1.807) is 40.6 Å². The molecule has 0 amide bonds. The van der Waals surface area contributed by atoms with Crippen LogP contribution in [0.1, 0.15) is 4.88 Å². The van der Waals surface area contributed by atoms with Crippen molar-refractivity contribution in [2.45, 2.75) is 10.4 Å². The molecule has 0 spiro atoms. The number of carbonyl (C=O) groups is 1.